The van der Waals surface area contributed by atoms with Gasteiger partial charge in [-0.15, -0.1) is 0 Å². The number of allylic oxidation sites excluding steroid dienone is 4. The van der Waals surface area contributed by atoms with Crippen molar-refractivity contribution in [3.63, 3.8) is 0 Å². The average molecular weight is 494 g/mol. The third kappa shape index (κ3) is 5.01. The van der Waals surface area contributed by atoms with Crippen LogP contribution in [0.2, 0.25) is 0 Å². The summed E-state index contributed by atoms with van der Waals surface area (Å²) in [5.74, 6) is -0.174. The average Bonchev–Trinajstić information content (AvgIpc) is 3.11. The van der Waals surface area contributed by atoms with Crippen LogP contribution in [0.25, 0.3) is 0 Å². The summed E-state index contributed by atoms with van der Waals surface area (Å²) in [6, 6.07) is 6.81. The molecule has 0 unspecified atom stereocenters. The summed E-state index contributed by atoms with van der Waals surface area (Å²) >= 11 is 0. The lowest BCUT2D eigenvalue weighted by Crippen LogP contribution is -2.54. The van der Waals surface area contributed by atoms with E-state index in [1.807, 2.05) is 24.3 Å². The molecule has 8 atom stereocenters. The van der Waals surface area contributed by atoms with Gasteiger partial charge < -0.3 is 20.3 Å². The molecule has 194 valence electrons. The van der Waals surface area contributed by atoms with Gasteiger partial charge in [-0.2, -0.15) is 0 Å². The number of esters is 1. The minimum Gasteiger partial charge on any atom is -0.508 e. The lowest BCUT2D eigenvalue weighted by atomic mass is 9.54. The first-order valence-corrected chi connectivity index (χ1v) is 13.1. The number of ether oxygens (including phenoxy) is 1. The lowest BCUT2D eigenvalue weighted by Gasteiger charge is -2.48. The summed E-state index contributed by atoms with van der Waals surface area (Å²) < 4.78 is 5.41. The predicted molar refractivity (Wildman–Crippen MR) is 139 cm³/mol. The Bertz CT molecular complexity index is 1060. The summed E-state index contributed by atoms with van der Waals surface area (Å²) in [6.45, 7) is 8.01. The van der Waals surface area contributed by atoms with Crippen molar-refractivity contribution >= 4 is 11.9 Å². The Morgan fingerprint density at radius 2 is 1.86 bits per heavy atom. The Morgan fingerprint density at radius 3 is 2.56 bits per heavy atom. The fraction of sp³-hybridized carbons (Fsp3) is 0.533. The Hall–Kier alpha value is -2.86. The van der Waals surface area contributed by atoms with Crippen LogP contribution in [-0.2, 0) is 20.7 Å². The third-order valence-corrected chi connectivity index (χ3v) is 8.36. The van der Waals surface area contributed by atoms with Crippen molar-refractivity contribution in [2.75, 3.05) is 6.61 Å². The maximum absolute atomic E-state index is 13.9. The van der Waals surface area contributed by atoms with Gasteiger partial charge >= 0.3 is 5.97 Å². The maximum atomic E-state index is 13.9. The maximum Gasteiger partial charge on any atom is 0.302 e. The molecular formula is C30H39NO5. The van der Waals surface area contributed by atoms with Gasteiger partial charge in [-0.05, 0) is 60.3 Å². The van der Waals surface area contributed by atoms with E-state index in [1.165, 1.54) is 6.92 Å². The molecule has 0 bridgehead atoms. The van der Waals surface area contributed by atoms with Gasteiger partial charge in [0.05, 0.1) is 11.5 Å². The number of amides is 1. The first-order valence-electron chi connectivity index (χ1n) is 13.1. The highest BCUT2D eigenvalue weighted by Crippen LogP contribution is 2.56. The lowest BCUT2D eigenvalue weighted by molar-refractivity contribution is -0.142. The van der Waals surface area contributed by atoms with Gasteiger partial charge in [0.15, 0.2) is 0 Å². The van der Waals surface area contributed by atoms with E-state index in [0.717, 1.165) is 24.0 Å². The molecule has 2 aliphatic carbocycles. The van der Waals surface area contributed by atoms with Gasteiger partial charge in [0.2, 0.25) is 5.91 Å². The van der Waals surface area contributed by atoms with Gasteiger partial charge in [-0.1, -0.05) is 63.3 Å². The third-order valence-electron chi connectivity index (χ3n) is 8.36. The Labute approximate surface area is 214 Å². The van der Waals surface area contributed by atoms with Crippen LogP contribution in [0, 0.1) is 35.0 Å². The molecule has 6 nitrogen and oxygen atoms in total. The first-order chi connectivity index (χ1) is 17.1. The van der Waals surface area contributed by atoms with Crippen molar-refractivity contribution in [3.05, 3.63) is 65.8 Å². The molecule has 1 saturated heterocycles. The van der Waals surface area contributed by atoms with Gasteiger partial charge in [0.25, 0.3) is 0 Å². The SMILES string of the molecule is CC(=O)OCC1=C[C@@H]2C=CC[C@H](C)C[C@H](C)C=C[C@@H](O)[C@]23C(=O)N[C@@H](Cc2ccc(O)cc2)[C@@H]3[C@@H]1C. The second-order valence-corrected chi connectivity index (χ2v) is 11.1. The van der Waals surface area contributed by atoms with E-state index in [2.05, 4.69) is 44.3 Å². The number of carbonyl (C=O) groups excluding carboxylic acids is 2. The predicted octanol–water partition coefficient (Wildman–Crippen LogP) is 4.33. The summed E-state index contributed by atoms with van der Waals surface area (Å²) in [5, 5.41) is 24.7. The number of hydrogen-bond donors (Lipinski definition) is 3. The Kier molecular flexibility index (Phi) is 7.74. The van der Waals surface area contributed by atoms with Crippen LogP contribution in [0.3, 0.4) is 0 Å². The number of rotatable bonds is 4. The number of phenolic OH excluding ortho intramolecular Hbond substituents is 1. The van der Waals surface area contributed by atoms with E-state index in [0.29, 0.717) is 18.3 Å². The number of aliphatic hydroxyl groups excluding tert-OH is 1. The monoisotopic (exact) mass is 493 g/mol. The highest BCUT2D eigenvalue weighted by Gasteiger charge is 2.64. The molecule has 1 heterocycles. The molecule has 0 radical (unpaired) electrons. The molecule has 1 amide bonds. The number of phenols is 1. The van der Waals surface area contributed by atoms with Crippen LogP contribution in [0.1, 0.15) is 46.1 Å². The van der Waals surface area contributed by atoms with Crippen LogP contribution in [-0.4, -0.2) is 40.8 Å². The summed E-state index contributed by atoms with van der Waals surface area (Å²) in [4.78, 5) is 25.6. The van der Waals surface area contributed by atoms with Crippen molar-refractivity contribution in [1.29, 1.82) is 0 Å². The number of hydrogen-bond acceptors (Lipinski definition) is 5. The highest BCUT2D eigenvalue weighted by molar-refractivity contribution is 5.88. The van der Waals surface area contributed by atoms with Gasteiger partial charge in [0.1, 0.15) is 12.4 Å². The highest BCUT2D eigenvalue weighted by atomic mass is 16.5. The molecule has 1 spiro atoms. The molecule has 1 fully saturated rings. The van der Waals surface area contributed by atoms with Crippen LogP contribution < -0.4 is 5.32 Å². The van der Waals surface area contributed by atoms with Crippen LogP contribution >= 0.6 is 0 Å². The van der Waals surface area contributed by atoms with Gasteiger partial charge in [-0.3, -0.25) is 9.59 Å². The molecule has 1 aromatic rings. The molecule has 6 heteroatoms. The standard InChI is InChI=1S/C30H39NO5/c1-18-6-5-7-24-16-23(17-36-21(4)32)20(3)28-26(15-22-9-11-25(33)12-10-22)31-29(35)30(24,28)27(34)13-8-19(2)14-18/h5,7-13,16,18-20,24,26-28,33-34H,6,14-15,17H2,1-4H3,(H,31,35)/t18-,19+,20+,24-,26-,27+,28-,30+/m0/s1. The second kappa shape index (κ2) is 10.6. The number of nitrogens with one attached hydrogen (secondary N) is 1. The normalized spacial score (nSPS) is 36.2. The fourth-order valence-corrected chi connectivity index (χ4v) is 6.65. The zero-order chi connectivity index (χ0) is 26.0. The molecule has 1 aromatic carbocycles. The molecule has 36 heavy (non-hydrogen) atoms. The Balaban J connectivity index is 1.82. The molecule has 0 saturated carbocycles. The molecule has 1 aliphatic heterocycles. The molecular weight excluding hydrogens is 454 g/mol. The minimum atomic E-state index is -1.07. The van der Waals surface area contributed by atoms with Crippen molar-refractivity contribution in [2.24, 2.45) is 35.0 Å². The van der Waals surface area contributed by atoms with Crippen molar-refractivity contribution in [1.82, 2.24) is 5.32 Å². The van der Waals surface area contributed by atoms with E-state index < -0.39 is 11.5 Å². The summed E-state index contributed by atoms with van der Waals surface area (Å²) in [7, 11) is 0. The van der Waals surface area contributed by atoms with E-state index in [-0.39, 0.29) is 48.0 Å². The van der Waals surface area contributed by atoms with Gasteiger partial charge in [0, 0.05) is 24.8 Å². The number of aliphatic hydroxyl groups is 1. The van der Waals surface area contributed by atoms with Crippen molar-refractivity contribution < 1.29 is 24.5 Å². The number of aromatic hydroxyl groups is 1. The van der Waals surface area contributed by atoms with Crippen molar-refractivity contribution in [3.8, 4) is 5.75 Å². The quantitative estimate of drug-likeness (QED) is 0.429. The molecule has 3 aliphatic rings. The molecule has 4 rings (SSSR count). The van der Waals surface area contributed by atoms with Crippen LogP contribution in [0.15, 0.2) is 60.2 Å². The zero-order valence-corrected chi connectivity index (χ0v) is 21.7. The Morgan fingerprint density at radius 1 is 1.14 bits per heavy atom. The summed E-state index contributed by atoms with van der Waals surface area (Å²) in [5.41, 5.74) is 0.899. The largest absolute Gasteiger partial charge is 0.508 e. The van der Waals surface area contributed by atoms with Crippen LogP contribution in [0.4, 0.5) is 0 Å². The van der Waals surface area contributed by atoms with E-state index in [1.54, 1.807) is 12.1 Å². The topological polar surface area (TPSA) is 95.9 Å². The first kappa shape index (κ1) is 26.2. The fourth-order valence-electron chi connectivity index (χ4n) is 6.65. The number of carbonyl (C=O) groups is 2. The smallest absolute Gasteiger partial charge is 0.302 e. The van der Waals surface area contributed by atoms with E-state index in [4.69, 9.17) is 4.74 Å². The van der Waals surface area contributed by atoms with E-state index >= 15 is 0 Å². The molecule has 0 aromatic heterocycles. The molecule has 3 N–H and O–H groups in total. The minimum absolute atomic E-state index is 0.0976. The van der Waals surface area contributed by atoms with Gasteiger partial charge in [-0.25, -0.2) is 0 Å². The summed E-state index contributed by atoms with van der Waals surface area (Å²) in [6.07, 6.45) is 11.7. The van der Waals surface area contributed by atoms with Crippen LogP contribution in [0.5, 0.6) is 5.75 Å². The van der Waals surface area contributed by atoms with E-state index in [9.17, 15) is 19.8 Å². The van der Waals surface area contributed by atoms with Crippen molar-refractivity contribution in [2.45, 2.75) is 59.1 Å². The second-order valence-electron chi connectivity index (χ2n) is 11.1. The zero-order valence-electron chi connectivity index (χ0n) is 21.7. The number of benzene rings is 1.